The number of carboxylic acid groups (broad SMARTS) is 1. The Kier molecular flexibility index (Phi) is 3.15. The average molecular weight is 218 g/mol. The topological polar surface area (TPSA) is 96.2 Å². The summed E-state index contributed by atoms with van der Waals surface area (Å²) in [6, 6.07) is 0.812. The molecule has 0 saturated carbocycles. The summed E-state index contributed by atoms with van der Waals surface area (Å²) in [7, 11) is 0. The van der Waals surface area contributed by atoms with Gasteiger partial charge in [-0.25, -0.2) is 13.6 Å². The van der Waals surface area contributed by atoms with Crippen LogP contribution in [0.4, 0.5) is 8.78 Å². The Balaban J connectivity index is 3.42. The molecule has 0 aliphatic carbocycles. The van der Waals surface area contributed by atoms with E-state index in [1.807, 2.05) is 4.98 Å². The summed E-state index contributed by atoms with van der Waals surface area (Å²) >= 11 is 0. The maximum absolute atomic E-state index is 12.3. The second-order valence-corrected chi connectivity index (χ2v) is 2.76. The van der Waals surface area contributed by atoms with Crippen molar-refractivity contribution in [3.8, 4) is 0 Å². The second-order valence-electron chi connectivity index (χ2n) is 2.76. The number of aromatic carboxylic acids is 1. The molecule has 0 fully saturated rings. The highest BCUT2D eigenvalue weighted by Crippen LogP contribution is 2.16. The number of aromatic amines is 1. The first kappa shape index (κ1) is 11.3. The van der Waals surface area contributed by atoms with Crippen molar-refractivity contribution in [3.05, 3.63) is 33.2 Å². The maximum Gasteiger partial charge on any atom is 0.352 e. The molecule has 0 aliphatic rings. The Morgan fingerprint density at radius 3 is 2.60 bits per heavy atom. The first-order valence-electron chi connectivity index (χ1n) is 3.95. The molecular formula is C8H8F2N2O3. The Bertz CT molecular complexity index is 442. The van der Waals surface area contributed by atoms with Crippen molar-refractivity contribution >= 4 is 5.97 Å². The zero-order chi connectivity index (χ0) is 11.6. The van der Waals surface area contributed by atoms with Crippen LogP contribution in [0.2, 0.25) is 0 Å². The lowest BCUT2D eigenvalue weighted by Gasteiger charge is -2.05. The highest BCUT2D eigenvalue weighted by molar-refractivity contribution is 5.87. The van der Waals surface area contributed by atoms with Gasteiger partial charge in [0.05, 0.1) is 5.56 Å². The molecule has 0 atom stereocenters. The van der Waals surface area contributed by atoms with Crippen molar-refractivity contribution in [3.63, 3.8) is 0 Å². The molecule has 0 amide bonds. The van der Waals surface area contributed by atoms with Gasteiger partial charge in [0.2, 0.25) is 0 Å². The van der Waals surface area contributed by atoms with E-state index in [4.69, 9.17) is 10.8 Å². The van der Waals surface area contributed by atoms with E-state index in [0.29, 0.717) is 0 Å². The maximum atomic E-state index is 12.3. The van der Waals surface area contributed by atoms with E-state index in [0.717, 1.165) is 6.07 Å². The number of halogens is 2. The molecule has 1 rings (SSSR count). The largest absolute Gasteiger partial charge is 0.477 e. The van der Waals surface area contributed by atoms with Gasteiger partial charge in [0.1, 0.15) is 5.69 Å². The van der Waals surface area contributed by atoms with Crippen molar-refractivity contribution in [1.29, 1.82) is 0 Å². The number of carboxylic acids is 1. The van der Waals surface area contributed by atoms with Crippen molar-refractivity contribution in [2.24, 2.45) is 5.73 Å². The monoisotopic (exact) mass is 218 g/mol. The van der Waals surface area contributed by atoms with Gasteiger partial charge in [0.15, 0.2) is 0 Å². The van der Waals surface area contributed by atoms with Crippen LogP contribution >= 0.6 is 0 Å². The summed E-state index contributed by atoms with van der Waals surface area (Å²) in [6.45, 7) is -0.238. The van der Waals surface area contributed by atoms with Crippen molar-refractivity contribution in [2.45, 2.75) is 13.0 Å². The van der Waals surface area contributed by atoms with E-state index in [1.54, 1.807) is 0 Å². The zero-order valence-electron chi connectivity index (χ0n) is 7.46. The minimum absolute atomic E-state index is 0.0302. The Morgan fingerprint density at radius 2 is 2.20 bits per heavy atom. The number of H-pyrrole nitrogens is 1. The summed E-state index contributed by atoms with van der Waals surface area (Å²) in [4.78, 5) is 23.5. The van der Waals surface area contributed by atoms with E-state index in [1.165, 1.54) is 0 Å². The van der Waals surface area contributed by atoms with Crippen LogP contribution in [0.5, 0.6) is 0 Å². The fraction of sp³-hybridized carbons (Fsp3) is 0.250. The van der Waals surface area contributed by atoms with Gasteiger partial charge in [-0.05, 0) is 11.6 Å². The predicted octanol–water partition coefficient (Wildman–Crippen LogP) is 0.469. The minimum Gasteiger partial charge on any atom is -0.477 e. The Labute approximate surface area is 82.5 Å². The fourth-order valence-electron chi connectivity index (χ4n) is 1.11. The molecule has 0 aromatic carbocycles. The average Bonchev–Trinajstić information content (AvgIpc) is 2.16. The van der Waals surface area contributed by atoms with Crippen LogP contribution in [0.3, 0.4) is 0 Å². The molecule has 5 nitrogen and oxygen atoms in total. The van der Waals surface area contributed by atoms with Gasteiger partial charge in [-0.1, -0.05) is 0 Å². The van der Waals surface area contributed by atoms with Gasteiger partial charge in [0, 0.05) is 6.54 Å². The SMILES string of the molecule is NCc1cc(C(F)F)c(=O)[nH]c1C(=O)O. The standard InChI is InChI=1S/C8H8F2N2O3/c9-6(10)4-1-3(2-11)5(8(14)15)12-7(4)13/h1,6H,2,11H2,(H,12,13)(H,14,15). The van der Waals surface area contributed by atoms with Crippen molar-refractivity contribution in [2.75, 3.05) is 0 Å². The molecule has 0 bridgehead atoms. The number of carbonyl (C=O) groups is 1. The third-order valence-electron chi connectivity index (χ3n) is 1.82. The number of nitrogens with two attached hydrogens (primary N) is 1. The van der Waals surface area contributed by atoms with E-state index < -0.39 is 29.2 Å². The molecule has 0 saturated heterocycles. The van der Waals surface area contributed by atoms with Crippen molar-refractivity contribution < 1.29 is 18.7 Å². The summed E-state index contributed by atoms with van der Waals surface area (Å²) in [5, 5.41) is 8.64. The van der Waals surface area contributed by atoms with E-state index in [9.17, 15) is 18.4 Å². The van der Waals surface area contributed by atoms with Crippen molar-refractivity contribution in [1.82, 2.24) is 4.98 Å². The number of pyridine rings is 1. The van der Waals surface area contributed by atoms with Crippen LogP contribution in [0.15, 0.2) is 10.9 Å². The smallest absolute Gasteiger partial charge is 0.352 e. The third kappa shape index (κ3) is 2.18. The number of nitrogens with one attached hydrogen (secondary N) is 1. The summed E-state index contributed by atoms with van der Waals surface area (Å²) in [6.07, 6.45) is -2.96. The minimum atomic E-state index is -2.96. The number of alkyl halides is 2. The van der Waals surface area contributed by atoms with Gasteiger partial charge in [-0.2, -0.15) is 0 Å². The van der Waals surface area contributed by atoms with E-state index in [-0.39, 0.29) is 12.1 Å². The Hall–Kier alpha value is -1.76. The molecular weight excluding hydrogens is 210 g/mol. The number of aromatic nitrogens is 1. The molecule has 0 radical (unpaired) electrons. The highest BCUT2D eigenvalue weighted by atomic mass is 19.3. The van der Waals surface area contributed by atoms with Crippen LogP contribution in [0, 0.1) is 0 Å². The molecule has 82 valence electrons. The number of hydrogen-bond donors (Lipinski definition) is 3. The molecule has 7 heteroatoms. The van der Waals surface area contributed by atoms with Gasteiger partial charge >= 0.3 is 5.97 Å². The molecule has 1 heterocycles. The summed E-state index contributed by atoms with van der Waals surface area (Å²) in [5.74, 6) is -1.41. The van der Waals surface area contributed by atoms with Gasteiger partial charge < -0.3 is 15.8 Å². The van der Waals surface area contributed by atoms with Crippen LogP contribution < -0.4 is 11.3 Å². The molecule has 4 N–H and O–H groups in total. The lowest BCUT2D eigenvalue weighted by molar-refractivity contribution is 0.0688. The van der Waals surface area contributed by atoms with Gasteiger partial charge in [0.25, 0.3) is 12.0 Å². The number of hydrogen-bond acceptors (Lipinski definition) is 3. The molecule has 15 heavy (non-hydrogen) atoms. The normalized spacial score (nSPS) is 10.7. The van der Waals surface area contributed by atoms with Crippen LogP contribution in [0.1, 0.15) is 28.0 Å². The first-order chi connectivity index (χ1) is 6.97. The Morgan fingerprint density at radius 1 is 1.60 bits per heavy atom. The van der Waals surface area contributed by atoms with Crippen LogP contribution in [-0.4, -0.2) is 16.1 Å². The molecule has 0 spiro atoms. The zero-order valence-corrected chi connectivity index (χ0v) is 7.46. The second kappa shape index (κ2) is 4.18. The van der Waals surface area contributed by atoms with E-state index >= 15 is 0 Å². The third-order valence-corrected chi connectivity index (χ3v) is 1.82. The van der Waals surface area contributed by atoms with Gasteiger partial charge in [-0.15, -0.1) is 0 Å². The van der Waals surface area contributed by atoms with Crippen LogP contribution in [-0.2, 0) is 6.54 Å². The molecule has 0 aliphatic heterocycles. The molecule has 0 unspecified atom stereocenters. The fourth-order valence-corrected chi connectivity index (χ4v) is 1.11. The molecule has 1 aromatic heterocycles. The first-order valence-corrected chi connectivity index (χ1v) is 3.95. The lowest BCUT2D eigenvalue weighted by Crippen LogP contribution is -2.21. The van der Waals surface area contributed by atoms with Crippen LogP contribution in [0.25, 0.3) is 0 Å². The lowest BCUT2D eigenvalue weighted by atomic mass is 10.1. The highest BCUT2D eigenvalue weighted by Gasteiger charge is 2.18. The summed E-state index contributed by atoms with van der Waals surface area (Å²) in [5.41, 5.74) is 2.81. The van der Waals surface area contributed by atoms with Gasteiger partial charge in [-0.3, -0.25) is 4.79 Å². The number of rotatable bonds is 3. The predicted molar refractivity (Wildman–Crippen MR) is 46.9 cm³/mol. The summed E-state index contributed by atoms with van der Waals surface area (Å²) < 4.78 is 24.5. The quantitative estimate of drug-likeness (QED) is 0.687. The molecule has 1 aromatic rings. The van der Waals surface area contributed by atoms with E-state index in [2.05, 4.69) is 0 Å².